The lowest BCUT2D eigenvalue weighted by molar-refractivity contribution is 0.628. The van der Waals surface area contributed by atoms with Crippen LogP contribution in [-0.4, -0.2) is 11.5 Å². The van der Waals surface area contributed by atoms with Crippen LogP contribution < -0.4 is 5.32 Å². The summed E-state index contributed by atoms with van der Waals surface area (Å²) in [6.07, 6.45) is 4.41. The average molecular weight is 251 g/mol. The van der Waals surface area contributed by atoms with E-state index in [4.69, 9.17) is 11.6 Å². The molecule has 0 bridgehead atoms. The molecule has 1 aromatic heterocycles. The van der Waals surface area contributed by atoms with E-state index in [1.54, 1.807) is 18.3 Å². The Hall–Kier alpha value is -1.61. The highest BCUT2D eigenvalue weighted by molar-refractivity contribution is 6.30. The molecule has 0 spiro atoms. The summed E-state index contributed by atoms with van der Waals surface area (Å²) in [6.45, 7) is 0.729. The monoisotopic (exact) mass is 250 g/mol. The lowest BCUT2D eigenvalue weighted by Gasteiger charge is -2.06. The van der Waals surface area contributed by atoms with Gasteiger partial charge in [-0.2, -0.15) is 0 Å². The van der Waals surface area contributed by atoms with Crippen molar-refractivity contribution >= 4 is 17.3 Å². The van der Waals surface area contributed by atoms with Crippen molar-refractivity contribution in [3.8, 4) is 0 Å². The van der Waals surface area contributed by atoms with Crippen LogP contribution >= 0.6 is 11.6 Å². The molecule has 0 aliphatic carbocycles. The molecule has 0 aliphatic heterocycles. The quantitative estimate of drug-likeness (QED) is 0.898. The minimum absolute atomic E-state index is 0.141. The Kier molecular flexibility index (Phi) is 3.94. The van der Waals surface area contributed by atoms with Crippen LogP contribution in [0.1, 0.15) is 5.56 Å². The van der Waals surface area contributed by atoms with Crippen molar-refractivity contribution in [1.29, 1.82) is 0 Å². The van der Waals surface area contributed by atoms with Gasteiger partial charge < -0.3 is 5.32 Å². The SMILES string of the molecule is Fc1cc(NCCc2cccnc2)ccc1Cl. The summed E-state index contributed by atoms with van der Waals surface area (Å²) in [6, 6.07) is 8.61. The van der Waals surface area contributed by atoms with Crippen LogP contribution in [-0.2, 0) is 6.42 Å². The maximum Gasteiger partial charge on any atom is 0.143 e. The Morgan fingerprint density at radius 3 is 2.88 bits per heavy atom. The number of hydrogen-bond donors (Lipinski definition) is 1. The molecule has 2 rings (SSSR count). The number of aromatic nitrogens is 1. The highest BCUT2D eigenvalue weighted by Crippen LogP contribution is 2.18. The van der Waals surface area contributed by atoms with Gasteiger partial charge in [0, 0.05) is 24.6 Å². The molecule has 2 aromatic rings. The second-order valence-corrected chi connectivity index (χ2v) is 4.07. The molecule has 2 nitrogen and oxygen atoms in total. The Bertz CT molecular complexity index is 488. The molecule has 1 heterocycles. The van der Waals surface area contributed by atoms with Gasteiger partial charge in [0.2, 0.25) is 0 Å². The van der Waals surface area contributed by atoms with E-state index in [1.807, 2.05) is 18.3 Å². The zero-order valence-corrected chi connectivity index (χ0v) is 9.91. The highest BCUT2D eigenvalue weighted by Gasteiger charge is 2.00. The van der Waals surface area contributed by atoms with E-state index in [-0.39, 0.29) is 5.02 Å². The van der Waals surface area contributed by atoms with Gasteiger partial charge >= 0.3 is 0 Å². The van der Waals surface area contributed by atoms with Crippen LogP contribution in [0, 0.1) is 5.82 Å². The molecule has 0 fully saturated rings. The van der Waals surface area contributed by atoms with Gasteiger partial charge in [-0.05, 0) is 36.2 Å². The smallest absolute Gasteiger partial charge is 0.143 e. The summed E-state index contributed by atoms with van der Waals surface area (Å²) in [5.41, 5.74) is 1.88. The van der Waals surface area contributed by atoms with Gasteiger partial charge in [0.1, 0.15) is 5.82 Å². The lowest BCUT2D eigenvalue weighted by atomic mass is 10.2. The minimum atomic E-state index is -0.405. The van der Waals surface area contributed by atoms with Crippen molar-refractivity contribution in [2.24, 2.45) is 0 Å². The second-order valence-electron chi connectivity index (χ2n) is 3.67. The molecular formula is C13H12ClFN2. The predicted octanol–water partition coefficient (Wildman–Crippen LogP) is 3.53. The van der Waals surface area contributed by atoms with E-state index in [0.717, 1.165) is 24.2 Å². The number of nitrogens with one attached hydrogen (secondary N) is 1. The van der Waals surface area contributed by atoms with E-state index in [2.05, 4.69) is 10.3 Å². The Balaban J connectivity index is 1.88. The fourth-order valence-electron chi connectivity index (χ4n) is 1.50. The van der Waals surface area contributed by atoms with Crippen LogP contribution in [0.4, 0.5) is 10.1 Å². The van der Waals surface area contributed by atoms with Gasteiger partial charge in [-0.25, -0.2) is 4.39 Å². The van der Waals surface area contributed by atoms with Crippen molar-refractivity contribution in [1.82, 2.24) is 4.98 Å². The molecule has 0 saturated heterocycles. The maximum absolute atomic E-state index is 13.1. The summed E-state index contributed by atoms with van der Waals surface area (Å²) >= 11 is 5.60. The third-order valence-electron chi connectivity index (χ3n) is 2.39. The van der Waals surface area contributed by atoms with E-state index in [1.165, 1.54) is 6.07 Å². The molecule has 0 atom stereocenters. The molecule has 0 aliphatic rings. The lowest BCUT2D eigenvalue weighted by Crippen LogP contribution is -2.05. The number of benzene rings is 1. The number of nitrogens with zero attached hydrogens (tertiary/aromatic N) is 1. The van der Waals surface area contributed by atoms with Crippen LogP contribution in [0.2, 0.25) is 5.02 Å². The summed E-state index contributed by atoms with van der Waals surface area (Å²) in [4.78, 5) is 4.03. The van der Waals surface area contributed by atoms with Crippen LogP contribution in [0.5, 0.6) is 0 Å². The maximum atomic E-state index is 13.1. The molecule has 4 heteroatoms. The molecule has 1 N–H and O–H groups in total. The first-order valence-electron chi connectivity index (χ1n) is 5.33. The van der Waals surface area contributed by atoms with Crippen LogP contribution in [0.15, 0.2) is 42.7 Å². The van der Waals surface area contributed by atoms with Crippen molar-refractivity contribution in [3.63, 3.8) is 0 Å². The van der Waals surface area contributed by atoms with Crippen LogP contribution in [0.25, 0.3) is 0 Å². The number of rotatable bonds is 4. The Morgan fingerprint density at radius 1 is 1.29 bits per heavy atom. The normalized spacial score (nSPS) is 10.2. The predicted molar refractivity (Wildman–Crippen MR) is 67.8 cm³/mol. The molecule has 0 radical (unpaired) electrons. The van der Waals surface area contributed by atoms with E-state index in [9.17, 15) is 4.39 Å². The van der Waals surface area contributed by atoms with Gasteiger partial charge in [-0.15, -0.1) is 0 Å². The summed E-state index contributed by atoms with van der Waals surface area (Å²) < 4.78 is 13.1. The third-order valence-corrected chi connectivity index (χ3v) is 2.69. The van der Waals surface area contributed by atoms with Crippen molar-refractivity contribution < 1.29 is 4.39 Å². The second kappa shape index (κ2) is 5.64. The first-order valence-corrected chi connectivity index (χ1v) is 5.71. The molecule has 1 aromatic carbocycles. The van der Waals surface area contributed by atoms with Gasteiger partial charge in [0.15, 0.2) is 0 Å². The van der Waals surface area contributed by atoms with Gasteiger partial charge in [0.05, 0.1) is 5.02 Å². The molecule has 0 saturated carbocycles. The molecule has 0 amide bonds. The van der Waals surface area contributed by atoms with Gasteiger partial charge in [-0.1, -0.05) is 17.7 Å². The largest absolute Gasteiger partial charge is 0.385 e. The van der Waals surface area contributed by atoms with Gasteiger partial charge in [0.25, 0.3) is 0 Å². The summed E-state index contributed by atoms with van der Waals surface area (Å²) in [7, 11) is 0. The van der Waals surface area contributed by atoms with Crippen molar-refractivity contribution in [2.45, 2.75) is 6.42 Å². The molecule has 0 unspecified atom stereocenters. The van der Waals surface area contributed by atoms with E-state index < -0.39 is 5.82 Å². The zero-order chi connectivity index (χ0) is 12.1. The van der Waals surface area contributed by atoms with Crippen molar-refractivity contribution in [3.05, 3.63) is 59.1 Å². The number of anilines is 1. The highest BCUT2D eigenvalue weighted by atomic mass is 35.5. The summed E-state index contributed by atoms with van der Waals surface area (Å²) in [5.74, 6) is -0.405. The standard InChI is InChI=1S/C13H12ClFN2/c14-12-4-3-11(8-13(12)15)17-7-5-10-2-1-6-16-9-10/h1-4,6,8-9,17H,5,7H2. The Labute approximate surface area is 104 Å². The van der Waals surface area contributed by atoms with E-state index in [0.29, 0.717) is 0 Å². The molecular weight excluding hydrogens is 239 g/mol. The first-order chi connectivity index (χ1) is 8.25. The molecule has 88 valence electrons. The first kappa shape index (κ1) is 11.9. The summed E-state index contributed by atoms with van der Waals surface area (Å²) in [5, 5.41) is 3.28. The zero-order valence-electron chi connectivity index (χ0n) is 9.16. The third kappa shape index (κ3) is 3.43. The van der Waals surface area contributed by atoms with E-state index >= 15 is 0 Å². The molecule has 17 heavy (non-hydrogen) atoms. The fraction of sp³-hybridized carbons (Fsp3) is 0.154. The average Bonchev–Trinajstić information content (AvgIpc) is 2.35. The fourth-order valence-corrected chi connectivity index (χ4v) is 1.62. The topological polar surface area (TPSA) is 24.9 Å². The van der Waals surface area contributed by atoms with Crippen molar-refractivity contribution in [2.75, 3.05) is 11.9 Å². The minimum Gasteiger partial charge on any atom is -0.385 e. The van der Waals surface area contributed by atoms with Gasteiger partial charge in [-0.3, -0.25) is 4.98 Å². The number of halogens is 2. The van der Waals surface area contributed by atoms with Crippen LogP contribution in [0.3, 0.4) is 0 Å². The Morgan fingerprint density at radius 2 is 2.18 bits per heavy atom. The number of hydrogen-bond acceptors (Lipinski definition) is 2. The number of pyridine rings is 1.